The van der Waals surface area contributed by atoms with E-state index in [4.69, 9.17) is 0 Å². The third-order valence-corrected chi connectivity index (χ3v) is 5.25. The summed E-state index contributed by atoms with van der Waals surface area (Å²) in [7, 11) is 1.93. The first-order valence-corrected chi connectivity index (χ1v) is 8.83. The van der Waals surface area contributed by atoms with E-state index in [1.807, 2.05) is 25.6 Å². The number of benzene rings is 1. The molecule has 0 radical (unpaired) electrons. The van der Waals surface area contributed by atoms with Crippen LogP contribution in [0, 0.1) is 27.7 Å². The van der Waals surface area contributed by atoms with Crippen molar-refractivity contribution >= 4 is 32.6 Å². The number of nitrogens with one attached hydrogen (secondary N) is 1. The maximum Gasteiger partial charge on any atom is 0.226 e. The van der Waals surface area contributed by atoms with Crippen LogP contribution in [0.5, 0.6) is 0 Å². The van der Waals surface area contributed by atoms with Crippen LogP contribution < -0.4 is 5.32 Å². The molecule has 3 rings (SSSR count). The highest BCUT2D eigenvalue weighted by molar-refractivity contribution is 7.22. The summed E-state index contributed by atoms with van der Waals surface area (Å²) >= 11 is 1.53. The standard InChI is InChI=1S/C18H22N4OS/c1-10-8-11(2)17-15(9-10)24-18(20-17)19-16(23)7-6-14-12(3)21-22(5)13(14)4/h8-9H,6-7H2,1-5H3,(H,19,20,23). The molecule has 1 amide bonds. The van der Waals surface area contributed by atoms with E-state index in [0.29, 0.717) is 18.0 Å². The smallest absolute Gasteiger partial charge is 0.226 e. The molecule has 0 bridgehead atoms. The van der Waals surface area contributed by atoms with Gasteiger partial charge in [0.1, 0.15) is 0 Å². The van der Waals surface area contributed by atoms with E-state index in [9.17, 15) is 4.79 Å². The van der Waals surface area contributed by atoms with Crippen molar-refractivity contribution in [2.75, 3.05) is 5.32 Å². The molecule has 1 N–H and O–H groups in total. The Hall–Kier alpha value is -2.21. The Kier molecular flexibility index (Phi) is 4.41. The Morgan fingerprint density at radius 2 is 2.00 bits per heavy atom. The third kappa shape index (κ3) is 3.19. The summed E-state index contributed by atoms with van der Waals surface area (Å²) in [6.07, 6.45) is 1.13. The van der Waals surface area contributed by atoms with Gasteiger partial charge in [0.2, 0.25) is 5.91 Å². The van der Waals surface area contributed by atoms with E-state index in [1.165, 1.54) is 16.9 Å². The molecule has 6 heteroatoms. The summed E-state index contributed by atoms with van der Waals surface area (Å²) in [6, 6.07) is 4.22. The van der Waals surface area contributed by atoms with E-state index in [0.717, 1.165) is 32.7 Å². The van der Waals surface area contributed by atoms with E-state index in [1.54, 1.807) is 0 Å². The molecule has 0 aliphatic heterocycles. The van der Waals surface area contributed by atoms with Crippen LogP contribution in [0.1, 0.15) is 34.5 Å². The second-order valence-electron chi connectivity index (χ2n) is 6.27. The lowest BCUT2D eigenvalue weighted by Gasteiger charge is -2.03. The molecular weight excluding hydrogens is 320 g/mol. The van der Waals surface area contributed by atoms with Crippen molar-refractivity contribution in [2.24, 2.45) is 7.05 Å². The van der Waals surface area contributed by atoms with Crippen LogP contribution in [0.3, 0.4) is 0 Å². The minimum absolute atomic E-state index is 0.00826. The highest BCUT2D eigenvalue weighted by Gasteiger charge is 2.13. The van der Waals surface area contributed by atoms with Gasteiger partial charge >= 0.3 is 0 Å². The second kappa shape index (κ2) is 6.36. The van der Waals surface area contributed by atoms with Crippen LogP contribution in [-0.2, 0) is 18.3 Å². The predicted octanol–water partition coefficient (Wildman–Crippen LogP) is 3.83. The SMILES string of the molecule is Cc1cc(C)c2nc(NC(=O)CCc3c(C)nn(C)c3C)sc2c1. The molecule has 2 heterocycles. The Bertz CT molecular complexity index is 923. The van der Waals surface area contributed by atoms with Crippen molar-refractivity contribution < 1.29 is 4.79 Å². The first-order chi connectivity index (χ1) is 11.3. The fourth-order valence-corrected chi connectivity index (χ4v) is 4.08. The fraction of sp³-hybridized carbons (Fsp3) is 0.389. The average molecular weight is 342 g/mol. The van der Waals surface area contributed by atoms with Crippen LogP contribution >= 0.6 is 11.3 Å². The molecule has 5 nitrogen and oxygen atoms in total. The number of anilines is 1. The van der Waals surface area contributed by atoms with Crippen LogP contribution in [0.4, 0.5) is 5.13 Å². The Balaban J connectivity index is 1.70. The van der Waals surface area contributed by atoms with Crippen molar-refractivity contribution in [3.63, 3.8) is 0 Å². The Labute approximate surface area is 145 Å². The quantitative estimate of drug-likeness (QED) is 0.784. The highest BCUT2D eigenvalue weighted by Crippen LogP contribution is 2.29. The number of fused-ring (bicyclic) bond motifs is 1. The maximum absolute atomic E-state index is 12.3. The van der Waals surface area contributed by atoms with Crippen LogP contribution in [-0.4, -0.2) is 20.7 Å². The van der Waals surface area contributed by atoms with Gasteiger partial charge in [0.15, 0.2) is 5.13 Å². The zero-order valence-corrected chi connectivity index (χ0v) is 15.5. The maximum atomic E-state index is 12.3. The third-order valence-electron chi connectivity index (χ3n) is 4.34. The van der Waals surface area contributed by atoms with Gasteiger partial charge in [-0.15, -0.1) is 0 Å². The van der Waals surface area contributed by atoms with E-state index in [-0.39, 0.29) is 5.91 Å². The predicted molar refractivity (Wildman–Crippen MR) is 98.7 cm³/mol. The number of thiazole rings is 1. The largest absolute Gasteiger partial charge is 0.302 e. The second-order valence-corrected chi connectivity index (χ2v) is 7.30. The first kappa shape index (κ1) is 16.6. The number of aryl methyl sites for hydroxylation is 4. The van der Waals surface area contributed by atoms with Gasteiger partial charge in [-0.1, -0.05) is 17.4 Å². The Morgan fingerprint density at radius 3 is 2.67 bits per heavy atom. The van der Waals surface area contributed by atoms with Gasteiger partial charge in [-0.05, 0) is 56.9 Å². The molecule has 2 aromatic heterocycles. The number of nitrogens with zero attached hydrogens (tertiary/aromatic N) is 3. The van der Waals surface area contributed by atoms with Crippen molar-refractivity contribution in [3.05, 3.63) is 40.2 Å². The molecule has 0 fully saturated rings. The van der Waals surface area contributed by atoms with Crippen molar-refractivity contribution in [1.82, 2.24) is 14.8 Å². The summed E-state index contributed by atoms with van der Waals surface area (Å²) in [5.74, 6) is -0.00826. The van der Waals surface area contributed by atoms with Gasteiger partial charge in [0.25, 0.3) is 0 Å². The summed E-state index contributed by atoms with van der Waals surface area (Å²) in [6.45, 7) is 8.14. The highest BCUT2D eigenvalue weighted by atomic mass is 32.1. The lowest BCUT2D eigenvalue weighted by molar-refractivity contribution is -0.116. The summed E-state index contributed by atoms with van der Waals surface area (Å²) in [5, 5.41) is 8.00. The zero-order chi connectivity index (χ0) is 17.4. The van der Waals surface area contributed by atoms with Gasteiger partial charge in [-0.25, -0.2) is 4.98 Å². The number of amides is 1. The monoisotopic (exact) mass is 342 g/mol. The minimum atomic E-state index is -0.00826. The van der Waals surface area contributed by atoms with Crippen molar-refractivity contribution in [2.45, 2.75) is 40.5 Å². The van der Waals surface area contributed by atoms with Gasteiger partial charge in [0.05, 0.1) is 15.9 Å². The minimum Gasteiger partial charge on any atom is -0.302 e. The molecule has 0 aliphatic carbocycles. The first-order valence-electron chi connectivity index (χ1n) is 8.02. The molecule has 1 aromatic carbocycles. The number of rotatable bonds is 4. The van der Waals surface area contributed by atoms with Crippen LogP contribution in [0.15, 0.2) is 12.1 Å². The zero-order valence-electron chi connectivity index (χ0n) is 14.7. The fourth-order valence-electron chi connectivity index (χ4n) is 3.02. The Morgan fingerprint density at radius 1 is 1.25 bits per heavy atom. The van der Waals surface area contributed by atoms with Crippen molar-refractivity contribution in [1.29, 1.82) is 0 Å². The van der Waals surface area contributed by atoms with Gasteiger partial charge in [-0.3, -0.25) is 9.48 Å². The summed E-state index contributed by atoms with van der Waals surface area (Å²) in [4.78, 5) is 16.8. The molecule has 24 heavy (non-hydrogen) atoms. The van der Waals surface area contributed by atoms with E-state index >= 15 is 0 Å². The average Bonchev–Trinajstić information content (AvgIpc) is 2.99. The summed E-state index contributed by atoms with van der Waals surface area (Å²) in [5.41, 5.74) is 6.59. The van der Waals surface area contributed by atoms with E-state index < -0.39 is 0 Å². The molecular formula is C18H22N4OS. The van der Waals surface area contributed by atoms with Gasteiger partial charge in [-0.2, -0.15) is 5.10 Å². The molecule has 3 aromatic rings. The van der Waals surface area contributed by atoms with E-state index in [2.05, 4.69) is 41.4 Å². The van der Waals surface area contributed by atoms with Crippen LogP contribution in [0.25, 0.3) is 10.2 Å². The summed E-state index contributed by atoms with van der Waals surface area (Å²) < 4.78 is 2.98. The lowest BCUT2D eigenvalue weighted by atomic mass is 10.1. The number of carbonyl (C=O) groups excluding carboxylic acids is 1. The molecule has 0 atom stereocenters. The molecule has 0 aliphatic rings. The molecule has 0 unspecified atom stereocenters. The number of carbonyl (C=O) groups is 1. The molecule has 126 valence electrons. The molecule has 0 spiro atoms. The molecule has 0 saturated carbocycles. The molecule has 0 saturated heterocycles. The lowest BCUT2D eigenvalue weighted by Crippen LogP contribution is -2.12. The van der Waals surface area contributed by atoms with Gasteiger partial charge < -0.3 is 5.32 Å². The van der Waals surface area contributed by atoms with Gasteiger partial charge in [0, 0.05) is 19.2 Å². The van der Waals surface area contributed by atoms with Crippen molar-refractivity contribution in [3.8, 4) is 0 Å². The topological polar surface area (TPSA) is 59.8 Å². The normalized spacial score (nSPS) is 11.2. The van der Waals surface area contributed by atoms with Crippen LogP contribution in [0.2, 0.25) is 0 Å². The number of hydrogen-bond donors (Lipinski definition) is 1. The number of aromatic nitrogens is 3. The number of hydrogen-bond acceptors (Lipinski definition) is 4.